The molecule has 4 nitrogen and oxygen atoms in total. The third kappa shape index (κ3) is 10.8. The highest BCUT2D eigenvalue weighted by Crippen LogP contribution is 2.24. The summed E-state index contributed by atoms with van der Waals surface area (Å²) in [6.45, 7) is 6.49. The van der Waals surface area contributed by atoms with Crippen LogP contribution in [-0.2, 0) is 9.53 Å². The standard InChI is InChI=1S/C35H41NO3/c1-28(2)35(37)39-24-14-10-8-6-4-3-5-7-9-13-23-38-34-21-17-29(18-22-34)25-33(27-36)32-20-19-30-15-11-12-16-31(30)26-32/h11-12,15-22,25-26H,1,3-10,13-14,23-24H2,2H3. The molecular weight excluding hydrogens is 482 g/mol. The number of hydrogen-bond acceptors (Lipinski definition) is 4. The molecule has 0 atom stereocenters. The van der Waals surface area contributed by atoms with E-state index in [1.165, 1.54) is 50.3 Å². The fourth-order valence-electron chi connectivity index (χ4n) is 4.46. The van der Waals surface area contributed by atoms with Gasteiger partial charge in [0.1, 0.15) is 5.75 Å². The Morgan fingerprint density at radius 3 is 2.00 bits per heavy atom. The van der Waals surface area contributed by atoms with Crippen LogP contribution in [0.5, 0.6) is 5.75 Å². The number of carbonyl (C=O) groups is 1. The van der Waals surface area contributed by atoms with Gasteiger partial charge in [-0.15, -0.1) is 0 Å². The molecular formula is C35H41NO3. The zero-order valence-electron chi connectivity index (χ0n) is 23.3. The molecule has 3 aromatic carbocycles. The molecule has 0 heterocycles. The van der Waals surface area contributed by atoms with Gasteiger partial charge in [-0.2, -0.15) is 5.26 Å². The summed E-state index contributed by atoms with van der Waals surface area (Å²) in [4.78, 5) is 11.3. The molecule has 204 valence electrons. The lowest BCUT2D eigenvalue weighted by Gasteiger charge is -2.07. The second kappa shape index (κ2) is 16.9. The van der Waals surface area contributed by atoms with E-state index in [1.807, 2.05) is 48.5 Å². The van der Waals surface area contributed by atoms with E-state index in [9.17, 15) is 10.1 Å². The van der Waals surface area contributed by atoms with Crippen LogP contribution in [0.3, 0.4) is 0 Å². The zero-order chi connectivity index (χ0) is 27.7. The first-order valence-electron chi connectivity index (χ1n) is 14.2. The number of ether oxygens (including phenoxy) is 2. The van der Waals surface area contributed by atoms with E-state index in [0.717, 1.165) is 48.1 Å². The molecule has 0 aliphatic heterocycles. The Labute approximate surface area is 234 Å². The molecule has 0 saturated heterocycles. The molecule has 0 fully saturated rings. The minimum Gasteiger partial charge on any atom is -0.494 e. The Morgan fingerprint density at radius 1 is 0.795 bits per heavy atom. The largest absolute Gasteiger partial charge is 0.494 e. The quantitative estimate of drug-likeness (QED) is 0.0581. The zero-order valence-corrected chi connectivity index (χ0v) is 23.3. The Balaban J connectivity index is 1.25. The van der Waals surface area contributed by atoms with Crippen molar-refractivity contribution in [2.45, 2.75) is 71.1 Å². The fourth-order valence-corrected chi connectivity index (χ4v) is 4.46. The van der Waals surface area contributed by atoms with Crippen LogP contribution < -0.4 is 4.74 Å². The number of esters is 1. The van der Waals surface area contributed by atoms with Gasteiger partial charge in [0.25, 0.3) is 0 Å². The summed E-state index contributed by atoms with van der Waals surface area (Å²) < 4.78 is 11.0. The van der Waals surface area contributed by atoms with Gasteiger partial charge in [-0.3, -0.25) is 0 Å². The predicted octanol–water partition coefficient (Wildman–Crippen LogP) is 9.30. The summed E-state index contributed by atoms with van der Waals surface area (Å²) in [7, 11) is 0. The average molecular weight is 524 g/mol. The van der Waals surface area contributed by atoms with Crippen molar-refractivity contribution in [2.75, 3.05) is 13.2 Å². The summed E-state index contributed by atoms with van der Waals surface area (Å²) >= 11 is 0. The van der Waals surface area contributed by atoms with Crippen molar-refractivity contribution in [2.24, 2.45) is 0 Å². The van der Waals surface area contributed by atoms with Crippen LogP contribution in [0.1, 0.15) is 82.3 Å². The van der Waals surface area contributed by atoms with E-state index in [1.54, 1.807) is 6.92 Å². The summed E-state index contributed by atoms with van der Waals surface area (Å²) in [5.74, 6) is 0.584. The summed E-state index contributed by atoms with van der Waals surface area (Å²) in [5, 5.41) is 12.0. The Bertz CT molecular complexity index is 1270. The predicted molar refractivity (Wildman–Crippen MR) is 161 cm³/mol. The van der Waals surface area contributed by atoms with Crippen LogP contribution in [0, 0.1) is 11.3 Å². The molecule has 0 amide bonds. The van der Waals surface area contributed by atoms with Crippen molar-refractivity contribution in [3.8, 4) is 11.8 Å². The molecule has 0 saturated carbocycles. The van der Waals surface area contributed by atoms with Crippen molar-refractivity contribution >= 4 is 28.4 Å². The van der Waals surface area contributed by atoms with Gasteiger partial charge < -0.3 is 9.47 Å². The maximum Gasteiger partial charge on any atom is 0.333 e. The van der Waals surface area contributed by atoms with Gasteiger partial charge in [0, 0.05) is 5.57 Å². The highest BCUT2D eigenvalue weighted by Gasteiger charge is 2.04. The van der Waals surface area contributed by atoms with E-state index >= 15 is 0 Å². The molecule has 0 aromatic heterocycles. The molecule has 0 radical (unpaired) electrons. The van der Waals surface area contributed by atoms with Crippen molar-refractivity contribution < 1.29 is 14.3 Å². The maximum atomic E-state index is 11.3. The lowest BCUT2D eigenvalue weighted by Crippen LogP contribution is -2.05. The number of nitriles is 1. The van der Waals surface area contributed by atoms with Crippen LogP contribution in [0.25, 0.3) is 22.4 Å². The number of rotatable bonds is 17. The normalized spacial score (nSPS) is 11.2. The highest BCUT2D eigenvalue weighted by molar-refractivity contribution is 5.94. The maximum absolute atomic E-state index is 11.3. The van der Waals surface area contributed by atoms with Crippen molar-refractivity contribution in [1.82, 2.24) is 0 Å². The molecule has 3 aromatic rings. The van der Waals surface area contributed by atoms with Gasteiger partial charge in [-0.1, -0.05) is 106 Å². The van der Waals surface area contributed by atoms with E-state index in [4.69, 9.17) is 9.47 Å². The lowest BCUT2D eigenvalue weighted by molar-refractivity contribution is -0.139. The van der Waals surface area contributed by atoms with E-state index in [2.05, 4.69) is 36.9 Å². The second-order valence-electron chi connectivity index (χ2n) is 10.1. The number of unbranched alkanes of at least 4 members (excludes halogenated alkanes) is 9. The van der Waals surface area contributed by atoms with Crippen LogP contribution in [0.2, 0.25) is 0 Å². The van der Waals surface area contributed by atoms with Crippen molar-refractivity contribution in [3.63, 3.8) is 0 Å². The second-order valence-corrected chi connectivity index (χ2v) is 10.1. The number of nitrogens with zero attached hydrogens (tertiary/aromatic N) is 1. The first-order valence-corrected chi connectivity index (χ1v) is 14.2. The number of allylic oxidation sites excluding steroid dienone is 1. The molecule has 0 unspecified atom stereocenters. The van der Waals surface area contributed by atoms with Crippen molar-refractivity contribution in [3.05, 3.63) is 90.0 Å². The van der Waals surface area contributed by atoms with Crippen molar-refractivity contribution in [1.29, 1.82) is 5.26 Å². The smallest absolute Gasteiger partial charge is 0.333 e. The Kier molecular flexibility index (Phi) is 12.9. The molecule has 0 aliphatic rings. The molecule has 0 bridgehead atoms. The summed E-state index contributed by atoms with van der Waals surface area (Å²) in [6, 6.07) is 24.6. The first-order chi connectivity index (χ1) is 19.1. The number of benzene rings is 3. The molecule has 3 rings (SSSR count). The topological polar surface area (TPSA) is 59.3 Å². The molecule has 0 N–H and O–H groups in total. The fraction of sp³-hybridized carbons (Fsp3) is 0.371. The van der Waals surface area contributed by atoms with Gasteiger partial charge in [0.2, 0.25) is 0 Å². The van der Waals surface area contributed by atoms with E-state index < -0.39 is 0 Å². The Morgan fingerprint density at radius 2 is 1.38 bits per heavy atom. The number of hydrogen-bond donors (Lipinski definition) is 0. The van der Waals surface area contributed by atoms with Crippen LogP contribution in [0.4, 0.5) is 0 Å². The highest BCUT2D eigenvalue weighted by atomic mass is 16.5. The van der Waals surface area contributed by atoms with Gasteiger partial charge >= 0.3 is 5.97 Å². The minimum atomic E-state index is -0.283. The number of fused-ring (bicyclic) bond motifs is 1. The van der Waals surface area contributed by atoms with Crippen LogP contribution in [0.15, 0.2) is 78.9 Å². The monoisotopic (exact) mass is 523 g/mol. The van der Waals surface area contributed by atoms with Gasteiger partial charge in [-0.25, -0.2) is 4.79 Å². The summed E-state index contributed by atoms with van der Waals surface area (Å²) in [6.07, 6.45) is 13.8. The third-order valence-electron chi connectivity index (χ3n) is 6.76. The number of carbonyl (C=O) groups excluding carboxylic acids is 1. The molecule has 0 aliphatic carbocycles. The van der Waals surface area contributed by atoms with Crippen LogP contribution in [-0.4, -0.2) is 19.2 Å². The minimum absolute atomic E-state index is 0.283. The molecule has 39 heavy (non-hydrogen) atoms. The van der Waals surface area contributed by atoms with E-state index in [-0.39, 0.29) is 5.97 Å². The lowest BCUT2D eigenvalue weighted by atomic mass is 10.0. The van der Waals surface area contributed by atoms with E-state index in [0.29, 0.717) is 17.8 Å². The average Bonchev–Trinajstić information content (AvgIpc) is 2.96. The molecule has 4 heteroatoms. The SMILES string of the molecule is C=C(C)C(=O)OCCCCCCCCCCCCOc1ccc(C=C(C#N)c2ccc3ccccc3c2)cc1. The van der Waals surface area contributed by atoms with Crippen LogP contribution >= 0.6 is 0 Å². The summed E-state index contributed by atoms with van der Waals surface area (Å²) in [5.41, 5.74) is 3.03. The third-order valence-corrected chi connectivity index (χ3v) is 6.76. The van der Waals surface area contributed by atoms with Gasteiger partial charge in [0.05, 0.1) is 24.9 Å². The van der Waals surface area contributed by atoms with Gasteiger partial charge in [-0.05, 0) is 65.9 Å². The first kappa shape index (κ1) is 29.7. The molecule has 0 spiro atoms. The van der Waals surface area contributed by atoms with Gasteiger partial charge in [0.15, 0.2) is 0 Å². The Hall–Kier alpha value is -3.84.